The van der Waals surface area contributed by atoms with Gasteiger partial charge in [0, 0.05) is 34.9 Å². The maximum atomic E-state index is 12.4. The Labute approximate surface area is 161 Å². The smallest absolute Gasteiger partial charge is 0.227 e. The van der Waals surface area contributed by atoms with Crippen molar-refractivity contribution in [2.24, 2.45) is 5.92 Å². The molecule has 0 radical (unpaired) electrons. The number of anilines is 2. The molecule has 2 aromatic rings. The van der Waals surface area contributed by atoms with E-state index >= 15 is 0 Å². The summed E-state index contributed by atoms with van der Waals surface area (Å²) in [4.78, 5) is 14.5. The number of likely N-dealkylation sites (tertiary alicyclic amines) is 1. The van der Waals surface area contributed by atoms with Crippen molar-refractivity contribution in [1.82, 2.24) is 4.90 Å². The van der Waals surface area contributed by atoms with Crippen molar-refractivity contribution >= 4 is 50.5 Å². The Morgan fingerprint density at radius 3 is 2.36 bits per heavy atom. The number of hydrogen-bond donors (Lipinski definition) is 2. The second kappa shape index (κ2) is 8.45. The summed E-state index contributed by atoms with van der Waals surface area (Å²) in [7, 11) is 0. The average molecular weight is 418 g/mol. The third-order valence-electron chi connectivity index (χ3n) is 4.27. The van der Waals surface area contributed by atoms with Crippen LogP contribution >= 0.6 is 28.1 Å². The van der Waals surface area contributed by atoms with Gasteiger partial charge in [0.2, 0.25) is 5.91 Å². The van der Waals surface area contributed by atoms with Crippen molar-refractivity contribution in [2.45, 2.75) is 12.8 Å². The molecule has 0 bridgehead atoms. The van der Waals surface area contributed by atoms with E-state index in [4.69, 9.17) is 12.2 Å². The van der Waals surface area contributed by atoms with E-state index in [1.807, 2.05) is 54.6 Å². The van der Waals surface area contributed by atoms with Crippen LogP contribution in [0, 0.1) is 5.92 Å². The first-order valence-corrected chi connectivity index (χ1v) is 9.49. The van der Waals surface area contributed by atoms with Crippen LogP contribution in [0.15, 0.2) is 59.1 Å². The van der Waals surface area contributed by atoms with E-state index in [1.165, 1.54) is 0 Å². The van der Waals surface area contributed by atoms with Gasteiger partial charge in [-0.15, -0.1) is 0 Å². The predicted molar refractivity (Wildman–Crippen MR) is 110 cm³/mol. The van der Waals surface area contributed by atoms with E-state index in [1.54, 1.807) is 0 Å². The summed E-state index contributed by atoms with van der Waals surface area (Å²) in [5, 5.41) is 6.96. The number of rotatable bonds is 3. The van der Waals surface area contributed by atoms with Gasteiger partial charge in [0.1, 0.15) is 0 Å². The zero-order valence-electron chi connectivity index (χ0n) is 13.7. The molecule has 25 heavy (non-hydrogen) atoms. The zero-order chi connectivity index (χ0) is 17.6. The zero-order valence-corrected chi connectivity index (χ0v) is 16.1. The number of amides is 1. The van der Waals surface area contributed by atoms with E-state index in [0.717, 1.165) is 41.8 Å². The van der Waals surface area contributed by atoms with E-state index in [0.29, 0.717) is 5.11 Å². The first kappa shape index (κ1) is 17.9. The standard InChI is InChI=1S/C19H20BrN3OS/c20-15-5-4-8-17(13-15)22-19(25)23-11-9-14(10-12-23)18(24)21-16-6-2-1-3-7-16/h1-8,13-14H,9-12H2,(H,21,24)(H,22,25). The van der Waals surface area contributed by atoms with Crippen LogP contribution in [0.2, 0.25) is 0 Å². The number of carbonyl (C=O) groups excluding carboxylic acids is 1. The molecule has 1 aliphatic heterocycles. The van der Waals surface area contributed by atoms with E-state index < -0.39 is 0 Å². The minimum atomic E-state index is 0.0325. The summed E-state index contributed by atoms with van der Waals surface area (Å²) in [6, 6.07) is 17.5. The molecule has 0 unspecified atom stereocenters. The topological polar surface area (TPSA) is 44.4 Å². The van der Waals surface area contributed by atoms with Crippen LogP contribution in [0.25, 0.3) is 0 Å². The summed E-state index contributed by atoms with van der Waals surface area (Å²) < 4.78 is 1.01. The van der Waals surface area contributed by atoms with Crippen LogP contribution in [0.4, 0.5) is 11.4 Å². The third kappa shape index (κ3) is 5.03. The second-order valence-corrected chi connectivity index (χ2v) is 7.36. The minimum absolute atomic E-state index is 0.0325. The van der Waals surface area contributed by atoms with Gasteiger partial charge in [-0.25, -0.2) is 0 Å². The first-order valence-electron chi connectivity index (χ1n) is 8.29. The van der Waals surface area contributed by atoms with E-state index in [-0.39, 0.29) is 11.8 Å². The molecular formula is C19H20BrN3OS. The Hall–Kier alpha value is -1.92. The van der Waals surface area contributed by atoms with Gasteiger partial charge < -0.3 is 15.5 Å². The molecule has 2 N–H and O–H groups in total. The van der Waals surface area contributed by atoms with Crippen molar-refractivity contribution in [3.63, 3.8) is 0 Å². The molecule has 0 saturated carbocycles. The maximum Gasteiger partial charge on any atom is 0.227 e. The molecule has 4 nitrogen and oxygen atoms in total. The summed E-state index contributed by atoms with van der Waals surface area (Å²) in [5.41, 5.74) is 1.81. The van der Waals surface area contributed by atoms with Gasteiger partial charge >= 0.3 is 0 Å². The summed E-state index contributed by atoms with van der Waals surface area (Å²) in [5.74, 6) is 0.127. The van der Waals surface area contributed by atoms with Gasteiger partial charge in [0.25, 0.3) is 0 Å². The lowest BCUT2D eigenvalue weighted by molar-refractivity contribution is -0.120. The lowest BCUT2D eigenvalue weighted by Crippen LogP contribution is -2.43. The molecule has 130 valence electrons. The molecule has 0 aliphatic carbocycles. The molecule has 1 amide bonds. The van der Waals surface area contributed by atoms with E-state index in [9.17, 15) is 4.79 Å². The lowest BCUT2D eigenvalue weighted by atomic mass is 9.96. The van der Waals surface area contributed by atoms with Gasteiger partial charge in [0.15, 0.2) is 5.11 Å². The highest BCUT2D eigenvalue weighted by Crippen LogP contribution is 2.21. The number of nitrogens with one attached hydrogen (secondary N) is 2. The van der Waals surface area contributed by atoms with Crippen molar-refractivity contribution < 1.29 is 4.79 Å². The molecule has 0 atom stereocenters. The lowest BCUT2D eigenvalue weighted by Gasteiger charge is -2.33. The van der Waals surface area contributed by atoms with Gasteiger partial charge in [-0.1, -0.05) is 40.2 Å². The van der Waals surface area contributed by atoms with Gasteiger partial charge in [0.05, 0.1) is 0 Å². The molecule has 1 heterocycles. The fourth-order valence-electron chi connectivity index (χ4n) is 2.88. The van der Waals surface area contributed by atoms with Crippen molar-refractivity contribution in [1.29, 1.82) is 0 Å². The fourth-order valence-corrected chi connectivity index (χ4v) is 3.58. The largest absolute Gasteiger partial charge is 0.349 e. The highest BCUT2D eigenvalue weighted by molar-refractivity contribution is 9.10. The maximum absolute atomic E-state index is 12.4. The first-order chi connectivity index (χ1) is 12.1. The van der Waals surface area contributed by atoms with Crippen LogP contribution in [0.1, 0.15) is 12.8 Å². The number of benzene rings is 2. The van der Waals surface area contributed by atoms with Gasteiger partial charge in [-0.2, -0.15) is 0 Å². The Kier molecular flexibility index (Phi) is 6.04. The molecule has 1 aliphatic rings. The quantitative estimate of drug-likeness (QED) is 0.721. The van der Waals surface area contributed by atoms with Crippen LogP contribution in [-0.2, 0) is 4.79 Å². The normalized spacial score (nSPS) is 14.8. The second-order valence-electron chi connectivity index (χ2n) is 6.06. The van der Waals surface area contributed by atoms with E-state index in [2.05, 4.69) is 31.5 Å². The fraction of sp³-hybridized carbons (Fsp3) is 0.263. The van der Waals surface area contributed by atoms with Crippen LogP contribution in [0.5, 0.6) is 0 Å². The third-order valence-corrected chi connectivity index (χ3v) is 5.12. The summed E-state index contributed by atoms with van der Waals surface area (Å²) in [6.45, 7) is 1.57. The highest BCUT2D eigenvalue weighted by atomic mass is 79.9. The number of thiocarbonyl (C=S) groups is 1. The van der Waals surface area contributed by atoms with Crippen molar-refractivity contribution in [3.05, 3.63) is 59.1 Å². The minimum Gasteiger partial charge on any atom is -0.349 e. The highest BCUT2D eigenvalue weighted by Gasteiger charge is 2.26. The van der Waals surface area contributed by atoms with Crippen molar-refractivity contribution in [2.75, 3.05) is 23.7 Å². The molecule has 2 aromatic carbocycles. The van der Waals surface area contributed by atoms with Crippen molar-refractivity contribution in [3.8, 4) is 0 Å². The predicted octanol–water partition coefficient (Wildman–Crippen LogP) is 4.50. The monoisotopic (exact) mass is 417 g/mol. The van der Waals surface area contributed by atoms with Crippen LogP contribution in [-0.4, -0.2) is 29.0 Å². The number of hydrogen-bond acceptors (Lipinski definition) is 2. The molecular weight excluding hydrogens is 398 g/mol. The number of nitrogens with zero attached hydrogens (tertiary/aromatic N) is 1. The summed E-state index contributed by atoms with van der Waals surface area (Å²) >= 11 is 8.97. The number of halogens is 1. The number of piperidine rings is 1. The SMILES string of the molecule is O=C(Nc1ccccc1)C1CCN(C(=S)Nc2cccc(Br)c2)CC1. The average Bonchev–Trinajstić information content (AvgIpc) is 2.62. The van der Waals surface area contributed by atoms with Crippen LogP contribution in [0.3, 0.4) is 0 Å². The number of para-hydroxylation sites is 1. The molecule has 6 heteroatoms. The van der Waals surface area contributed by atoms with Gasteiger partial charge in [-0.3, -0.25) is 4.79 Å². The molecule has 0 aromatic heterocycles. The van der Waals surface area contributed by atoms with Crippen LogP contribution < -0.4 is 10.6 Å². The Balaban J connectivity index is 1.49. The Morgan fingerprint density at radius 1 is 1.00 bits per heavy atom. The molecule has 1 saturated heterocycles. The Bertz CT molecular complexity index is 745. The van der Waals surface area contributed by atoms with Gasteiger partial charge in [-0.05, 0) is 55.4 Å². The Morgan fingerprint density at radius 2 is 1.68 bits per heavy atom. The molecule has 1 fully saturated rings. The molecule has 3 rings (SSSR count). The summed E-state index contributed by atoms with van der Waals surface area (Å²) in [6.07, 6.45) is 1.61. The number of carbonyl (C=O) groups is 1. The molecule has 0 spiro atoms.